The Hall–Kier alpha value is -1.07. The van der Waals surface area contributed by atoms with Crippen molar-refractivity contribution in [2.24, 2.45) is 0 Å². The first-order chi connectivity index (χ1) is 8.56. The fraction of sp³-hybridized carbons (Fsp3) is 0.333. The minimum atomic E-state index is 0.234. The summed E-state index contributed by atoms with van der Waals surface area (Å²) in [5.41, 5.74) is 0.761. The number of halogens is 2. The number of fused-ring (bicyclic) bond motifs is 1. The number of methoxy groups -OCH3 is 1. The van der Waals surface area contributed by atoms with Crippen LogP contribution >= 0.6 is 27.5 Å². The second kappa shape index (κ2) is 5.28. The number of aromatic nitrogens is 2. The molecular formula is C12H13BrClN3O. The molecule has 0 fully saturated rings. The Morgan fingerprint density at radius 1 is 1.39 bits per heavy atom. The Balaban J connectivity index is 2.78. The van der Waals surface area contributed by atoms with Crippen LogP contribution < -0.4 is 9.64 Å². The van der Waals surface area contributed by atoms with Gasteiger partial charge in [-0.1, -0.05) is 0 Å². The van der Waals surface area contributed by atoms with Crippen molar-refractivity contribution < 1.29 is 4.74 Å². The summed E-state index contributed by atoms with van der Waals surface area (Å²) in [6, 6.07) is 3.74. The molecule has 0 radical (unpaired) electrons. The van der Waals surface area contributed by atoms with Gasteiger partial charge in [0.2, 0.25) is 5.28 Å². The molecule has 18 heavy (non-hydrogen) atoms. The number of hydrogen-bond acceptors (Lipinski definition) is 4. The lowest BCUT2D eigenvalue weighted by molar-refractivity contribution is 0.415. The zero-order chi connectivity index (χ0) is 13.3. The molecule has 1 aromatic carbocycles. The third-order valence-corrected chi connectivity index (χ3v) is 3.54. The van der Waals surface area contributed by atoms with Gasteiger partial charge in [-0.3, -0.25) is 0 Å². The Bertz CT molecular complexity index is 591. The van der Waals surface area contributed by atoms with E-state index in [0.717, 1.165) is 33.5 Å². The zero-order valence-electron chi connectivity index (χ0n) is 10.4. The van der Waals surface area contributed by atoms with E-state index in [2.05, 4.69) is 32.8 Å². The van der Waals surface area contributed by atoms with E-state index in [-0.39, 0.29) is 5.28 Å². The molecule has 0 aliphatic carbocycles. The fourth-order valence-corrected chi connectivity index (χ4v) is 2.47. The minimum absolute atomic E-state index is 0.234. The first kappa shape index (κ1) is 13.4. The van der Waals surface area contributed by atoms with E-state index in [0.29, 0.717) is 0 Å². The van der Waals surface area contributed by atoms with Crippen molar-refractivity contribution >= 4 is 44.3 Å². The number of anilines is 1. The molecule has 1 aromatic heterocycles. The molecule has 0 saturated carbocycles. The van der Waals surface area contributed by atoms with Gasteiger partial charge in [-0.05, 0) is 40.5 Å². The van der Waals surface area contributed by atoms with E-state index in [1.165, 1.54) is 0 Å². The van der Waals surface area contributed by atoms with Gasteiger partial charge in [0, 0.05) is 24.1 Å². The average Bonchev–Trinajstić information content (AvgIpc) is 2.35. The van der Waals surface area contributed by atoms with Crippen LogP contribution in [0.2, 0.25) is 5.28 Å². The highest BCUT2D eigenvalue weighted by Crippen LogP contribution is 2.34. The molecule has 0 spiro atoms. The highest BCUT2D eigenvalue weighted by atomic mass is 79.9. The topological polar surface area (TPSA) is 38.2 Å². The fourth-order valence-electron chi connectivity index (χ4n) is 1.69. The van der Waals surface area contributed by atoms with Crippen molar-refractivity contribution in [1.82, 2.24) is 9.97 Å². The summed E-state index contributed by atoms with van der Waals surface area (Å²) >= 11 is 9.50. The molecular weight excluding hydrogens is 318 g/mol. The molecule has 0 amide bonds. The molecule has 0 N–H and O–H groups in total. The molecule has 1 heterocycles. The standard InChI is InChI=1S/C12H13BrClN3O/c1-4-17(2)11-10-8(13)5-7(18-3)6-9(10)15-12(14)16-11/h5-6H,4H2,1-3H3. The summed E-state index contributed by atoms with van der Waals surface area (Å²) in [7, 11) is 3.59. The normalized spacial score (nSPS) is 10.7. The van der Waals surface area contributed by atoms with Crippen LogP contribution in [0.25, 0.3) is 10.9 Å². The lowest BCUT2D eigenvalue weighted by atomic mass is 10.2. The van der Waals surface area contributed by atoms with Gasteiger partial charge in [0.15, 0.2) is 0 Å². The molecule has 0 aliphatic heterocycles. The number of hydrogen-bond donors (Lipinski definition) is 0. The van der Waals surface area contributed by atoms with Crippen LogP contribution in [0.15, 0.2) is 16.6 Å². The van der Waals surface area contributed by atoms with Gasteiger partial charge < -0.3 is 9.64 Å². The number of nitrogens with zero attached hydrogens (tertiary/aromatic N) is 3. The molecule has 0 saturated heterocycles. The highest BCUT2D eigenvalue weighted by molar-refractivity contribution is 9.10. The third kappa shape index (κ3) is 2.37. The van der Waals surface area contributed by atoms with E-state index < -0.39 is 0 Å². The second-order valence-corrected chi connectivity index (χ2v) is 5.03. The third-order valence-electron chi connectivity index (χ3n) is 2.75. The van der Waals surface area contributed by atoms with E-state index >= 15 is 0 Å². The van der Waals surface area contributed by atoms with Crippen LogP contribution in [0.4, 0.5) is 5.82 Å². The lowest BCUT2D eigenvalue weighted by Gasteiger charge is -2.18. The summed E-state index contributed by atoms with van der Waals surface area (Å²) in [4.78, 5) is 10.6. The summed E-state index contributed by atoms with van der Waals surface area (Å²) in [5, 5.41) is 1.17. The number of benzene rings is 1. The molecule has 2 rings (SSSR count). The largest absolute Gasteiger partial charge is 0.497 e. The summed E-state index contributed by atoms with van der Waals surface area (Å²) in [6.45, 7) is 2.89. The maximum Gasteiger partial charge on any atom is 0.224 e. The van der Waals surface area contributed by atoms with Crippen molar-refractivity contribution in [2.45, 2.75) is 6.92 Å². The molecule has 0 unspecified atom stereocenters. The first-order valence-corrected chi connectivity index (χ1v) is 6.65. The molecule has 0 aliphatic rings. The van der Waals surface area contributed by atoms with Gasteiger partial charge in [0.25, 0.3) is 0 Å². The van der Waals surface area contributed by atoms with Crippen LogP contribution in [0.1, 0.15) is 6.92 Å². The maximum atomic E-state index is 5.97. The van der Waals surface area contributed by atoms with Crippen LogP contribution in [0.3, 0.4) is 0 Å². The first-order valence-electron chi connectivity index (χ1n) is 5.48. The van der Waals surface area contributed by atoms with Gasteiger partial charge in [-0.25, -0.2) is 4.98 Å². The zero-order valence-corrected chi connectivity index (χ0v) is 12.7. The van der Waals surface area contributed by atoms with Gasteiger partial charge in [0.05, 0.1) is 18.0 Å². The van der Waals surface area contributed by atoms with Crippen LogP contribution in [-0.2, 0) is 0 Å². The van der Waals surface area contributed by atoms with Crippen molar-refractivity contribution in [3.8, 4) is 5.75 Å². The Kier molecular flexibility index (Phi) is 3.92. The number of rotatable bonds is 3. The predicted octanol–water partition coefficient (Wildman–Crippen LogP) is 3.51. The lowest BCUT2D eigenvalue weighted by Crippen LogP contribution is -2.18. The Morgan fingerprint density at radius 2 is 2.11 bits per heavy atom. The van der Waals surface area contributed by atoms with Crippen molar-refractivity contribution in [3.63, 3.8) is 0 Å². The van der Waals surface area contributed by atoms with Gasteiger partial charge in [0.1, 0.15) is 11.6 Å². The second-order valence-electron chi connectivity index (χ2n) is 3.83. The van der Waals surface area contributed by atoms with E-state index in [4.69, 9.17) is 16.3 Å². The van der Waals surface area contributed by atoms with Crippen molar-refractivity contribution in [2.75, 3.05) is 25.6 Å². The molecule has 4 nitrogen and oxygen atoms in total. The Labute approximate surface area is 119 Å². The molecule has 6 heteroatoms. The van der Waals surface area contributed by atoms with Crippen LogP contribution in [0, 0.1) is 0 Å². The van der Waals surface area contributed by atoms with E-state index in [1.54, 1.807) is 7.11 Å². The molecule has 0 bridgehead atoms. The quantitative estimate of drug-likeness (QED) is 0.807. The summed E-state index contributed by atoms with van der Waals surface area (Å²) < 4.78 is 6.11. The SMILES string of the molecule is CCN(C)c1nc(Cl)nc2cc(OC)cc(Br)c12. The minimum Gasteiger partial charge on any atom is -0.497 e. The summed E-state index contributed by atoms with van der Waals surface area (Å²) in [6.07, 6.45) is 0. The molecule has 0 atom stereocenters. The maximum absolute atomic E-state index is 5.97. The average molecular weight is 331 g/mol. The summed E-state index contributed by atoms with van der Waals surface area (Å²) in [5.74, 6) is 1.54. The smallest absolute Gasteiger partial charge is 0.224 e. The number of ether oxygens (including phenoxy) is 1. The monoisotopic (exact) mass is 329 g/mol. The predicted molar refractivity (Wildman–Crippen MR) is 77.7 cm³/mol. The van der Waals surface area contributed by atoms with Crippen molar-refractivity contribution in [1.29, 1.82) is 0 Å². The van der Waals surface area contributed by atoms with Gasteiger partial charge in [-0.2, -0.15) is 4.98 Å². The molecule has 96 valence electrons. The van der Waals surface area contributed by atoms with Crippen LogP contribution in [0.5, 0.6) is 5.75 Å². The highest BCUT2D eigenvalue weighted by Gasteiger charge is 2.14. The van der Waals surface area contributed by atoms with Gasteiger partial charge >= 0.3 is 0 Å². The Morgan fingerprint density at radius 3 is 2.72 bits per heavy atom. The molecule has 2 aromatic rings. The van der Waals surface area contributed by atoms with E-state index in [9.17, 15) is 0 Å². The van der Waals surface area contributed by atoms with Crippen LogP contribution in [-0.4, -0.2) is 30.7 Å². The van der Waals surface area contributed by atoms with E-state index in [1.807, 2.05) is 24.1 Å². The van der Waals surface area contributed by atoms with Crippen molar-refractivity contribution in [3.05, 3.63) is 21.9 Å². The van der Waals surface area contributed by atoms with Gasteiger partial charge in [-0.15, -0.1) is 0 Å².